The van der Waals surface area contributed by atoms with Crippen molar-refractivity contribution in [1.82, 2.24) is 15.5 Å². The number of aryl methyl sites for hydroxylation is 1. The Morgan fingerprint density at radius 1 is 1.62 bits per heavy atom. The van der Waals surface area contributed by atoms with Crippen molar-refractivity contribution in [2.24, 2.45) is 5.92 Å². The lowest BCUT2D eigenvalue weighted by Gasteiger charge is -2.12. The van der Waals surface area contributed by atoms with Crippen LogP contribution in [0.5, 0.6) is 0 Å². The third-order valence-electron chi connectivity index (χ3n) is 2.29. The number of rotatable bonds is 5. The zero-order chi connectivity index (χ0) is 12.1. The fourth-order valence-corrected chi connectivity index (χ4v) is 2.38. The van der Waals surface area contributed by atoms with E-state index in [9.17, 15) is 4.79 Å². The van der Waals surface area contributed by atoms with Crippen molar-refractivity contribution in [2.45, 2.75) is 32.0 Å². The van der Waals surface area contributed by atoms with Crippen LogP contribution in [0.1, 0.15) is 36.3 Å². The first-order valence-corrected chi connectivity index (χ1v) is 6.34. The second kappa shape index (κ2) is 6.03. The van der Waals surface area contributed by atoms with Crippen molar-refractivity contribution in [3.63, 3.8) is 0 Å². The van der Waals surface area contributed by atoms with Gasteiger partial charge in [-0.3, -0.25) is 9.89 Å². The van der Waals surface area contributed by atoms with Gasteiger partial charge < -0.3 is 5.32 Å². The summed E-state index contributed by atoms with van der Waals surface area (Å²) in [5.41, 5.74) is 1.41. The molecule has 0 aliphatic heterocycles. The monoisotopic (exact) mass is 287 g/mol. The first kappa shape index (κ1) is 13.2. The molecule has 1 heterocycles. The van der Waals surface area contributed by atoms with Crippen LogP contribution in [-0.4, -0.2) is 27.5 Å². The second-order valence-corrected chi connectivity index (χ2v) is 5.64. The van der Waals surface area contributed by atoms with Crippen LogP contribution in [0.2, 0.25) is 0 Å². The van der Waals surface area contributed by atoms with Crippen LogP contribution >= 0.6 is 15.9 Å². The van der Waals surface area contributed by atoms with Crippen molar-refractivity contribution in [3.8, 4) is 0 Å². The van der Waals surface area contributed by atoms with Gasteiger partial charge in [-0.2, -0.15) is 5.10 Å². The van der Waals surface area contributed by atoms with E-state index in [-0.39, 0.29) is 5.91 Å². The van der Waals surface area contributed by atoms with Gasteiger partial charge in [0.1, 0.15) is 0 Å². The largest absolute Gasteiger partial charge is 0.351 e. The normalized spacial score (nSPS) is 12.8. The summed E-state index contributed by atoms with van der Waals surface area (Å²) >= 11 is 3.55. The Balaban J connectivity index is 2.39. The molecule has 1 aromatic rings. The van der Waals surface area contributed by atoms with Crippen LogP contribution in [0.25, 0.3) is 0 Å². The van der Waals surface area contributed by atoms with Gasteiger partial charge in [-0.15, -0.1) is 0 Å². The molecule has 90 valence electrons. The van der Waals surface area contributed by atoms with Crippen LogP contribution in [0.4, 0.5) is 0 Å². The molecule has 1 rings (SSSR count). The summed E-state index contributed by atoms with van der Waals surface area (Å²) in [6, 6.07) is 0. The summed E-state index contributed by atoms with van der Waals surface area (Å²) in [7, 11) is 0. The van der Waals surface area contributed by atoms with Gasteiger partial charge in [0.05, 0.1) is 11.8 Å². The van der Waals surface area contributed by atoms with Crippen molar-refractivity contribution in [1.29, 1.82) is 0 Å². The molecule has 0 aromatic carbocycles. The molecular weight excluding hydrogens is 270 g/mol. The average Bonchev–Trinajstić information content (AvgIpc) is 2.60. The molecule has 0 saturated heterocycles. The molecule has 1 aromatic heterocycles. The highest BCUT2D eigenvalue weighted by molar-refractivity contribution is 9.09. The van der Waals surface area contributed by atoms with Crippen LogP contribution in [0.3, 0.4) is 0 Å². The number of alkyl halides is 1. The number of carbonyl (C=O) groups excluding carboxylic acids is 1. The second-order valence-electron chi connectivity index (χ2n) is 4.35. The fourth-order valence-electron chi connectivity index (χ4n) is 1.47. The SMILES string of the molecule is Cc1[nH]ncc1C(=O)NCC(Br)CC(C)C. The fraction of sp³-hybridized carbons (Fsp3) is 0.636. The summed E-state index contributed by atoms with van der Waals surface area (Å²) in [5.74, 6) is 0.552. The Labute approximate surface area is 104 Å². The Morgan fingerprint density at radius 2 is 2.31 bits per heavy atom. The van der Waals surface area contributed by atoms with Crippen LogP contribution in [0.15, 0.2) is 6.20 Å². The molecule has 0 saturated carbocycles. The first-order chi connectivity index (χ1) is 7.50. The topological polar surface area (TPSA) is 57.8 Å². The number of aromatic amines is 1. The molecule has 0 aliphatic carbocycles. The number of hydrogen-bond acceptors (Lipinski definition) is 2. The van der Waals surface area contributed by atoms with Gasteiger partial charge in [0.2, 0.25) is 0 Å². The zero-order valence-electron chi connectivity index (χ0n) is 9.88. The van der Waals surface area contributed by atoms with Crippen LogP contribution in [-0.2, 0) is 0 Å². The van der Waals surface area contributed by atoms with Crippen LogP contribution < -0.4 is 5.32 Å². The standard InChI is InChI=1S/C11H18BrN3O/c1-7(2)4-9(12)5-13-11(16)10-6-14-15-8(10)3/h6-7,9H,4-5H2,1-3H3,(H,13,16)(H,14,15). The predicted molar refractivity (Wildman–Crippen MR) is 67.8 cm³/mol. The van der Waals surface area contributed by atoms with E-state index >= 15 is 0 Å². The summed E-state index contributed by atoms with van der Waals surface area (Å²) in [4.78, 5) is 12.0. The Kier molecular flexibility index (Phi) is 4.99. The first-order valence-electron chi connectivity index (χ1n) is 5.43. The van der Waals surface area contributed by atoms with Crippen molar-refractivity contribution < 1.29 is 4.79 Å². The van der Waals surface area contributed by atoms with Gasteiger partial charge in [-0.1, -0.05) is 29.8 Å². The highest BCUT2D eigenvalue weighted by Gasteiger charge is 2.12. The van der Waals surface area contributed by atoms with E-state index in [1.165, 1.54) is 0 Å². The minimum absolute atomic E-state index is 0.0699. The molecule has 5 heteroatoms. The van der Waals surface area contributed by atoms with E-state index in [0.29, 0.717) is 22.9 Å². The summed E-state index contributed by atoms with van der Waals surface area (Å²) in [5, 5.41) is 9.45. The number of carbonyl (C=O) groups is 1. The lowest BCUT2D eigenvalue weighted by atomic mass is 10.1. The molecule has 16 heavy (non-hydrogen) atoms. The third-order valence-corrected chi connectivity index (χ3v) is 2.98. The highest BCUT2D eigenvalue weighted by Crippen LogP contribution is 2.12. The van der Waals surface area contributed by atoms with Gasteiger partial charge in [0.25, 0.3) is 5.91 Å². The van der Waals surface area contributed by atoms with Crippen molar-refractivity contribution in [2.75, 3.05) is 6.54 Å². The number of nitrogens with zero attached hydrogens (tertiary/aromatic N) is 1. The maximum Gasteiger partial charge on any atom is 0.254 e. The number of aromatic nitrogens is 2. The van der Waals surface area contributed by atoms with E-state index in [0.717, 1.165) is 12.1 Å². The molecule has 1 amide bonds. The summed E-state index contributed by atoms with van der Waals surface area (Å²) in [6.07, 6.45) is 2.60. The van der Waals surface area contributed by atoms with E-state index in [1.807, 2.05) is 6.92 Å². The van der Waals surface area contributed by atoms with Gasteiger partial charge in [0.15, 0.2) is 0 Å². The Bertz CT molecular complexity index is 349. The molecule has 1 atom stereocenters. The number of halogens is 1. The molecule has 0 spiro atoms. The molecule has 0 radical (unpaired) electrons. The minimum Gasteiger partial charge on any atom is -0.351 e. The summed E-state index contributed by atoms with van der Waals surface area (Å²) < 4.78 is 0. The number of hydrogen-bond donors (Lipinski definition) is 2. The maximum absolute atomic E-state index is 11.7. The molecule has 0 fully saturated rings. The quantitative estimate of drug-likeness (QED) is 0.816. The average molecular weight is 288 g/mol. The van der Waals surface area contributed by atoms with Gasteiger partial charge in [0, 0.05) is 17.1 Å². The zero-order valence-corrected chi connectivity index (χ0v) is 11.5. The molecule has 4 nitrogen and oxygen atoms in total. The number of amides is 1. The summed E-state index contributed by atoms with van der Waals surface area (Å²) in [6.45, 7) is 6.80. The smallest absolute Gasteiger partial charge is 0.254 e. The van der Waals surface area contributed by atoms with E-state index < -0.39 is 0 Å². The number of H-pyrrole nitrogens is 1. The lowest BCUT2D eigenvalue weighted by molar-refractivity contribution is 0.0953. The molecule has 2 N–H and O–H groups in total. The lowest BCUT2D eigenvalue weighted by Crippen LogP contribution is -2.30. The predicted octanol–water partition coefficient (Wildman–Crippen LogP) is 2.26. The van der Waals surface area contributed by atoms with E-state index in [1.54, 1.807) is 6.20 Å². The molecule has 1 unspecified atom stereocenters. The molecule has 0 bridgehead atoms. The highest BCUT2D eigenvalue weighted by atomic mass is 79.9. The van der Waals surface area contributed by atoms with Gasteiger partial charge >= 0.3 is 0 Å². The van der Waals surface area contributed by atoms with Crippen LogP contribution in [0, 0.1) is 12.8 Å². The maximum atomic E-state index is 11.7. The Hall–Kier alpha value is -0.840. The van der Waals surface area contributed by atoms with Gasteiger partial charge in [-0.05, 0) is 19.3 Å². The molecule has 0 aliphatic rings. The molecular formula is C11H18BrN3O. The van der Waals surface area contributed by atoms with Crippen molar-refractivity contribution in [3.05, 3.63) is 17.5 Å². The third kappa shape index (κ3) is 3.96. The number of nitrogens with one attached hydrogen (secondary N) is 2. The Morgan fingerprint density at radius 3 is 2.81 bits per heavy atom. The van der Waals surface area contributed by atoms with Gasteiger partial charge in [-0.25, -0.2) is 0 Å². The van der Waals surface area contributed by atoms with Crippen molar-refractivity contribution >= 4 is 21.8 Å². The van der Waals surface area contributed by atoms with E-state index in [4.69, 9.17) is 0 Å². The minimum atomic E-state index is -0.0699. The van der Waals surface area contributed by atoms with E-state index in [2.05, 4.69) is 45.3 Å².